The van der Waals surface area contributed by atoms with Crippen LogP contribution in [0.2, 0.25) is 0 Å². The van der Waals surface area contributed by atoms with Gasteiger partial charge in [-0.15, -0.1) is 0 Å². The highest BCUT2D eigenvalue weighted by Crippen LogP contribution is 2.44. The summed E-state index contributed by atoms with van der Waals surface area (Å²) in [5.41, 5.74) is 5.17. The molecule has 0 aliphatic heterocycles. The summed E-state index contributed by atoms with van der Waals surface area (Å²) in [6.07, 6.45) is 0. The van der Waals surface area contributed by atoms with E-state index in [9.17, 15) is 9.59 Å². The van der Waals surface area contributed by atoms with Gasteiger partial charge in [0.15, 0.2) is 5.78 Å². The van der Waals surface area contributed by atoms with Crippen LogP contribution in [0.3, 0.4) is 0 Å². The van der Waals surface area contributed by atoms with E-state index in [1.54, 1.807) is 0 Å². The van der Waals surface area contributed by atoms with E-state index in [4.69, 9.17) is 4.74 Å². The number of aromatic nitrogens is 1. The van der Waals surface area contributed by atoms with E-state index in [2.05, 4.69) is 30.2 Å². The van der Waals surface area contributed by atoms with Gasteiger partial charge in [0.2, 0.25) is 5.91 Å². The monoisotopic (exact) mass is 376 g/mol. The minimum Gasteiger partial charge on any atom is -0.492 e. The molecule has 2 aromatic carbocycles. The molecule has 0 bridgehead atoms. The Bertz CT molecular complexity index is 1110. The molecule has 3 aromatic rings. The molecule has 5 nitrogen and oxygen atoms in total. The van der Waals surface area contributed by atoms with Gasteiger partial charge in [0.1, 0.15) is 12.4 Å². The highest BCUT2D eigenvalue weighted by molar-refractivity contribution is 6.20. The second-order valence-corrected chi connectivity index (χ2v) is 7.92. The molecule has 4 rings (SSSR count). The summed E-state index contributed by atoms with van der Waals surface area (Å²) in [6.45, 7) is 8.60. The SMILES string of the molecule is CC(=O)NCCOc1ccc2c(c1)C(C)(C)c1[nH]c3cc(C)ccc3c1C2=O. The Labute approximate surface area is 164 Å². The number of ketones is 1. The zero-order chi connectivity index (χ0) is 20.1. The topological polar surface area (TPSA) is 71.2 Å². The lowest BCUT2D eigenvalue weighted by Crippen LogP contribution is -2.30. The number of hydrogen-bond donors (Lipinski definition) is 2. The van der Waals surface area contributed by atoms with Gasteiger partial charge < -0.3 is 15.0 Å². The Hall–Kier alpha value is -3.08. The number of hydrogen-bond acceptors (Lipinski definition) is 3. The van der Waals surface area contributed by atoms with Crippen molar-refractivity contribution in [3.05, 3.63) is 64.3 Å². The molecule has 28 heavy (non-hydrogen) atoms. The number of rotatable bonds is 4. The maximum Gasteiger partial charge on any atom is 0.216 e. The predicted octanol–water partition coefficient (Wildman–Crippen LogP) is 3.86. The Kier molecular flexibility index (Phi) is 4.26. The maximum absolute atomic E-state index is 13.3. The third-order valence-electron chi connectivity index (χ3n) is 5.46. The molecule has 0 unspecified atom stereocenters. The molecule has 1 heterocycles. The molecule has 0 atom stereocenters. The van der Waals surface area contributed by atoms with E-state index in [0.29, 0.717) is 24.5 Å². The minimum absolute atomic E-state index is 0.0456. The number of H-pyrrole nitrogens is 1. The van der Waals surface area contributed by atoms with Crippen molar-refractivity contribution >= 4 is 22.6 Å². The summed E-state index contributed by atoms with van der Waals surface area (Å²) in [7, 11) is 0. The molecule has 2 N–H and O–H groups in total. The highest BCUT2D eigenvalue weighted by atomic mass is 16.5. The van der Waals surface area contributed by atoms with Gasteiger partial charge in [-0.05, 0) is 42.3 Å². The number of benzene rings is 2. The van der Waals surface area contributed by atoms with Gasteiger partial charge in [0, 0.05) is 34.5 Å². The first-order chi connectivity index (χ1) is 13.3. The molecule has 0 fully saturated rings. The van der Waals surface area contributed by atoms with Crippen molar-refractivity contribution in [2.24, 2.45) is 0 Å². The van der Waals surface area contributed by atoms with Gasteiger partial charge in [-0.1, -0.05) is 26.0 Å². The molecule has 144 valence electrons. The van der Waals surface area contributed by atoms with E-state index in [1.165, 1.54) is 6.92 Å². The molecule has 0 saturated carbocycles. The van der Waals surface area contributed by atoms with E-state index >= 15 is 0 Å². The molecule has 1 amide bonds. The molecule has 0 saturated heterocycles. The van der Waals surface area contributed by atoms with Crippen LogP contribution in [0.1, 0.15) is 53.5 Å². The molecular formula is C23H24N2O3. The normalized spacial score (nSPS) is 14.5. The summed E-state index contributed by atoms with van der Waals surface area (Å²) in [4.78, 5) is 27.8. The molecule has 1 aliphatic carbocycles. The van der Waals surface area contributed by atoms with Crippen LogP contribution in [-0.4, -0.2) is 29.8 Å². The second-order valence-electron chi connectivity index (χ2n) is 7.92. The molecular weight excluding hydrogens is 352 g/mol. The number of nitrogens with one attached hydrogen (secondary N) is 2. The van der Waals surface area contributed by atoms with Gasteiger partial charge in [0.05, 0.1) is 12.1 Å². The molecule has 0 radical (unpaired) electrons. The Balaban J connectivity index is 1.73. The van der Waals surface area contributed by atoms with E-state index in [0.717, 1.165) is 33.3 Å². The third kappa shape index (κ3) is 2.87. The number of ether oxygens (including phenoxy) is 1. The van der Waals surface area contributed by atoms with Crippen molar-refractivity contribution in [1.29, 1.82) is 0 Å². The second kappa shape index (κ2) is 6.51. The van der Waals surface area contributed by atoms with Crippen molar-refractivity contribution in [1.82, 2.24) is 10.3 Å². The van der Waals surface area contributed by atoms with Gasteiger partial charge in [-0.25, -0.2) is 0 Å². The van der Waals surface area contributed by atoms with E-state index < -0.39 is 0 Å². The predicted molar refractivity (Wildman–Crippen MR) is 109 cm³/mol. The van der Waals surface area contributed by atoms with Gasteiger partial charge in [0.25, 0.3) is 0 Å². The zero-order valence-electron chi connectivity index (χ0n) is 16.6. The first-order valence-corrected chi connectivity index (χ1v) is 9.48. The fourth-order valence-electron chi connectivity index (χ4n) is 4.01. The number of aromatic amines is 1. The number of carbonyl (C=O) groups excluding carboxylic acids is 2. The van der Waals surface area contributed by atoms with Crippen molar-refractivity contribution in [3.63, 3.8) is 0 Å². The Morgan fingerprint density at radius 3 is 2.71 bits per heavy atom. The molecule has 5 heteroatoms. The number of fused-ring (bicyclic) bond motifs is 4. The first kappa shape index (κ1) is 18.3. The number of amides is 1. The van der Waals surface area contributed by atoms with Crippen LogP contribution < -0.4 is 10.1 Å². The van der Waals surface area contributed by atoms with E-state index in [-0.39, 0.29) is 17.1 Å². The van der Waals surface area contributed by atoms with Crippen LogP contribution in [0, 0.1) is 6.92 Å². The fourth-order valence-corrected chi connectivity index (χ4v) is 4.01. The molecule has 0 spiro atoms. The Morgan fingerprint density at radius 2 is 1.96 bits per heavy atom. The van der Waals surface area contributed by atoms with Gasteiger partial charge >= 0.3 is 0 Å². The summed E-state index contributed by atoms with van der Waals surface area (Å²) in [5, 5.41) is 3.68. The summed E-state index contributed by atoms with van der Waals surface area (Å²) < 4.78 is 5.78. The van der Waals surface area contributed by atoms with Crippen molar-refractivity contribution in [3.8, 4) is 5.75 Å². The highest BCUT2D eigenvalue weighted by Gasteiger charge is 2.39. The largest absolute Gasteiger partial charge is 0.492 e. The molecule has 1 aromatic heterocycles. The first-order valence-electron chi connectivity index (χ1n) is 9.48. The third-order valence-corrected chi connectivity index (χ3v) is 5.46. The van der Waals surface area contributed by atoms with Crippen LogP contribution in [0.25, 0.3) is 10.9 Å². The fraction of sp³-hybridized carbons (Fsp3) is 0.304. The Morgan fingerprint density at radius 1 is 1.18 bits per heavy atom. The lowest BCUT2D eigenvalue weighted by Gasteiger charge is -2.32. The van der Waals surface area contributed by atoms with Gasteiger partial charge in [-0.3, -0.25) is 9.59 Å². The quantitative estimate of drug-likeness (QED) is 0.679. The molecule has 1 aliphatic rings. The lowest BCUT2D eigenvalue weighted by molar-refractivity contribution is -0.119. The zero-order valence-corrected chi connectivity index (χ0v) is 16.6. The van der Waals surface area contributed by atoms with Crippen LogP contribution in [0.4, 0.5) is 0 Å². The van der Waals surface area contributed by atoms with Crippen LogP contribution in [-0.2, 0) is 10.2 Å². The van der Waals surface area contributed by atoms with Gasteiger partial charge in [-0.2, -0.15) is 0 Å². The van der Waals surface area contributed by atoms with Crippen molar-refractivity contribution < 1.29 is 14.3 Å². The lowest BCUT2D eigenvalue weighted by atomic mass is 9.71. The maximum atomic E-state index is 13.3. The van der Waals surface area contributed by atoms with Crippen LogP contribution >= 0.6 is 0 Å². The number of carbonyl (C=O) groups is 2. The average Bonchev–Trinajstić information content (AvgIpc) is 3.03. The van der Waals surface area contributed by atoms with Crippen molar-refractivity contribution in [2.75, 3.05) is 13.2 Å². The summed E-state index contributed by atoms with van der Waals surface area (Å²) in [6, 6.07) is 11.8. The number of aryl methyl sites for hydroxylation is 1. The average molecular weight is 376 g/mol. The van der Waals surface area contributed by atoms with Crippen molar-refractivity contribution in [2.45, 2.75) is 33.1 Å². The summed E-state index contributed by atoms with van der Waals surface area (Å²) in [5.74, 6) is 0.659. The van der Waals surface area contributed by atoms with E-state index in [1.807, 2.05) is 37.3 Å². The standard InChI is InChI=1S/C23H24N2O3/c1-13-5-7-17-19(11-13)25-22-20(17)21(27)16-8-6-15(12-18(16)23(22,3)4)28-10-9-24-14(2)26/h5-8,11-12,25H,9-10H2,1-4H3,(H,24,26). The van der Waals surface area contributed by atoms with Crippen LogP contribution in [0.5, 0.6) is 5.75 Å². The van der Waals surface area contributed by atoms with Crippen LogP contribution in [0.15, 0.2) is 36.4 Å². The minimum atomic E-state index is -0.359. The smallest absolute Gasteiger partial charge is 0.216 e. The summed E-state index contributed by atoms with van der Waals surface area (Å²) >= 11 is 0.